The standard InChI is InChI=1S/C13H17N3O2S2/c1-3-9-7-11(14)10(4-2)12(8-9)20(17,18)16-13-15-5-6-19-13/h5-8H,3-4,14H2,1-2H3,(H,15,16). The lowest BCUT2D eigenvalue weighted by molar-refractivity contribution is 0.600. The van der Waals surface area contributed by atoms with Gasteiger partial charge in [-0.05, 0) is 36.1 Å². The Kier molecular flexibility index (Phi) is 4.29. The lowest BCUT2D eigenvalue weighted by atomic mass is 10.1. The molecular formula is C13H17N3O2S2. The van der Waals surface area contributed by atoms with Gasteiger partial charge in [-0.15, -0.1) is 11.3 Å². The summed E-state index contributed by atoms with van der Waals surface area (Å²) in [6.07, 6.45) is 2.85. The molecule has 108 valence electrons. The van der Waals surface area contributed by atoms with Gasteiger partial charge in [-0.3, -0.25) is 4.72 Å². The lowest BCUT2D eigenvalue weighted by Crippen LogP contribution is -2.16. The number of nitrogens with zero attached hydrogens (tertiary/aromatic N) is 1. The fourth-order valence-corrected chi connectivity index (χ4v) is 4.17. The predicted molar refractivity (Wildman–Crippen MR) is 82.5 cm³/mol. The van der Waals surface area contributed by atoms with Gasteiger partial charge in [-0.25, -0.2) is 13.4 Å². The van der Waals surface area contributed by atoms with E-state index in [0.717, 1.165) is 12.0 Å². The fraction of sp³-hybridized carbons (Fsp3) is 0.308. The summed E-state index contributed by atoms with van der Waals surface area (Å²) in [6, 6.07) is 3.52. The topological polar surface area (TPSA) is 85.1 Å². The molecule has 0 amide bonds. The molecule has 0 aliphatic heterocycles. The molecule has 0 radical (unpaired) electrons. The first-order chi connectivity index (χ1) is 9.47. The van der Waals surface area contributed by atoms with Crippen LogP contribution in [0.2, 0.25) is 0 Å². The average Bonchev–Trinajstić information content (AvgIpc) is 2.89. The van der Waals surface area contributed by atoms with E-state index in [2.05, 4.69) is 9.71 Å². The van der Waals surface area contributed by atoms with Crippen molar-refractivity contribution in [2.24, 2.45) is 0 Å². The van der Waals surface area contributed by atoms with Crippen LogP contribution < -0.4 is 10.5 Å². The van der Waals surface area contributed by atoms with Gasteiger partial charge in [0.05, 0.1) is 4.90 Å². The van der Waals surface area contributed by atoms with E-state index in [9.17, 15) is 8.42 Å². The van der Waals surface area contributed by atoms with E-state index in [1.807, 2.05) is 19.9 Å². The van der Waals surface area contributed by atoms with Crippen LogP contribution in [0.15, 0.2) is 28.6 Å². The number of thiazole rings is 1. The minimum atomic E-state index is -3.66. The second-order valence-corrected chi connectivity index (χ2v) is 6.86. The molecule has 5 nitrogen and oxygen atoms in total. The molecule has 0 spiro atoms. The van der Waals surface area contributed by atoms with E-state index in [4.69, 9.17) is 5.73 Å². The zero-order valence-electron chi connectivity index (χ0n) is 11.4. The smallest absolute Gasteiger partial charge is 0.264 e. The van der Waals surface area contributed by atoms with Crippen molar-refractivity contribution >= 4 is 32.2 Å². The first-order valence-electron chi connectivity index (χ1n) is 6.31. The molecule has 1 heterocycles. The van der Waals surface area contributed by atoms with Crippen molar-refractivity contribution in [3.63, 3.8) is 0 Å². The zero-order valence-corrected chi connectivity index (χ0v) is 13.0. The summed E-state index contributed by atoms with van der Waals surface area (Å²) < 4.78 is 27.5. The molecule has 0 bridgehead atoms. The van der Waals surface area contributed by atoms with E-state index in [1.54, 1.807) is 17.6 Å². The largest absolute Gasteiger partial charge is 0.398 e. The number of hydrogen-bond acceptors (Lipinski definition) is 5. The number of nitrogens with two attached hydrogens (primary N) is 1. The molecule has 2 aromatic rings. The van der Waals surface area contributed by atoms with E-state index in [0.29, 0.717) is 22.8 Å². The molecule has 0 aliphatic rings. The summed E-state index contributed by atoms with van der Waals surface area (Å²) in [7, 11) is -3.66. The Morgan fingerprint density at radius 3 is 2.60 bits per heavy atom. The van der Waals surface area contributed by atoms with Crippen molar-refractivity contribution in [3.05, 3.63) is 34.8 Å². The van der Waals surface area contributed by atoms with E-state index < -0.39 is 10.0 Å². The summed E-state index contributed by atoms with van der Waals surface area (Å²) in [5, 5.41) is 2.07. The van der Waals surface area contributed by atoms with Gasteiger partial charge in [0, 0.05) is 17.3 Å². The minimum absolute atomic E-state index is 0.243. The summed E-state index contributed by atoms with van der Waals surface area (Å²) in [6.45, 7) is 3.85. The first kappa shape index (κ1) is 14.8. The van der Waals surface area contributed by atoms with Crippen molar-refractivity contribution in [3.8, 4) is 0 Å². The lowest BCUT2D eigenvalue weighted by Gasteiger charge is -2.14. The van der Waals surface area contributed by atoms with Gasteiger partial charge >= 0.3 is 0 Å². The number of nitrogen functional groups attached to an aromatic ring is 1. The number of hydrogen-bond donors (Lipinski definition) is 2. The number of benzene rings is 1. The Labute approximate surface area is 122 Å². The highest BCUT2D eigenvalue weighted by atomic mass is 32.2. The molecule has 0 unspecified atom stereocenters. The van der Waals surface area contributed by atoms with Crippen LogP contribution in [0, 0.1) is 0 Å². The molecule has 1 aromatic carbocycles. The van der Waals surface area contributed by atoms with Crippen LogP contribution in [-0.2, 0) is 22.9 Å². The second-order valence-electron chi connectivity index (χ2n) is 4.31. The number of aromatic nitrogens is 1. The average molecular weight is 311 g/mol. The van der Waals surface area contributed by atoms with Crippen LogP contribution in [-0.4, -0.2) is 13.4 Å². The van der Waals surface area contributed by atoms with Crippen molar-refractivity contribution in [1.29, 1.82) is 0 Å². The third kappa shape index (κ3) is 2.94. The van der Waals surface area contributed by atoms with Crippen LogP contribution >= 0.6 is 11.3 Å². The van der Waals surface area contributed by atoms with Gasteiger partial charge in [0.15, 0.2) is 5.13 Å². The van der Waals surface area contributed by atoms with Gasteiger partial charge in [0.1, 0.15) is 0 Å². The van der Waals surface area contributed by atoms with Crippen LogP contribution in [0.3, 0.4) is 0 Å². The highest BCUT2D eigenvalue weighted by molar-refractivity contribution is 7.93. The van der Waals surface area contributed by atoms with Gasteiger partial charge in [-0.2, -0.15) is 0 Å². The number of rotatable bonds is 5. The highest BCUT2D eigenvalue weighted by Gasteiger charge is 2.21. The van der Waals surface area contributed by atoms with Gasteiger partial charge in [0.2, 0.25) is 0 Å². The van der Waals surface area contributed by atoms with Crippen LogP contribution in [0.4, 0.5) is 10.8 Å². The number of sulfonamides is 1. The normalized spacial score (nSPS) is 11.5. The molecule has 0 fully saturated rings. The van der Waals surface area contributed by atoms with Gasteiger partial charge in [-0.1, -0.05) is 13.8 Å². The van der Waals surface area contributed by atoms with Gasteiger partial charge in [0.25, 0.3) is 10.0 Å². The Morgan fingerprint density at radius 1 is 1.30 bits per heavy atom. The van der Waals surface area contributed by atoms with Crippen molar-refractivity contribution in [2.75, 3.05) is 10.5 Å². The van der Waals surface area contributed by atoms with Gasteiger partial charge < -0.3 is 5.73 Å². The minimum Gasteiger partial charge on any atom is -0.398 e. The van der Waals surface area contributed by atoms with E-state index in [1.165, 1.54) is 11.3 Å². The fourth-order valence-electron chi connectivity index (χ4n) is 1.99. The molecule has 3 N–H and O–H groups in total. The molecule has 7 heteroatoms. The van der Waals surface area contributed by atoms with Crippen molar-refractivity contribution in [1.82, 2.24) is 4.98 Å². The maximum Gasteiger partial charge on any atom is 0.264 e. The number of nitrogens with one attached hydrogen (secondary N) is 1. The van der Waals surface area contributed by atoms with Crippen molar-refractivity contribution in [2.45, 2.75) is 31.6 Å². The molecule has 1 aromatic heterocycles. The quantitative estimate of drug-likeness (QED) is 0.831. The maximum atomic E-state index is 12.5. The Balaban J connectivity index is 2.52. The third-order valence-corrected chi connectivity index (χ3v) is 5.23. The predicted octanol–water partition coefficient (Wildman–Crippen LogP) is 2.65. The Hall–Kier alpha value is -1.60. The zero-order chi connectivity index (χ0) is 14.8. The monoisotopic (exact) mass is 311 g/mol. The highest BCUT2D eigenvalue weighted by Crippen LogP contribution is 2.27. The Bertz CT molecular complexity index is 695. The summed E-state index contributed by atoms with van der Waals surface area (Å²) in [5.74, 6) is 0. The van der Waals surface area contributed by atoms with E-state index in [-0.39, 0.29) is 4.90 Å². The maximum absolute atomic E-state index is 12.5. The molecule has 0 atom stereocenters. The summed E-state index contributed by atoms with van der Waals surface area (Å²) in [4.78, 5) is 4.19. The first-order valence-corrected chi connectivity index (χ1v) is 8.67. The SMILES string of the molecule is CCc1cc(N)c(CC)c(S(=O)(=O)Nc2nccs2)c1. The molecule has 0 saturated carbocycles. The number of aryl methyl sites for hydroxylation is 1. The third-order valence-electron chi connectivity index (χ3n) is 3.01. The molecule has 20 heavy (non-hydrogen) atoms. The second kappa shape index (κ2) is 5.80. The Morgan fingerprint density at radius 2 is 2.05 bits per heavy atom. The number of anilines is 2. The molecular weight excluding hydrogens is 294 g/mol. The van der Waals surface area contributed by atoms with Crippen molar-refractivity contribution < 1.29 is 8.42 Å². The molecule has 2 rings (SSSR count). The summed E-state index contributed by atoms with van der Waals surface area (Å²) >= 11 is 1.24. The van der Waals surface area contributed by atoms with E-state index >= 15 is 0 Å². The summed E-state index contributed by atoms with van der Waals surface area (Å²) in [5.41, 5.74) is 8.04. The molecule has 0 aliphatic carbocycles. The van der Waals surface area contributed by atoms with Crippen LogP contribution in [0.25, 0.3) is 0 Å². The van der Waals surface area contributed by atoms with Crippen LogP contribution in [0.5, 0.6) is 0 Å². The van der Waals surface area contributed by atoms with Crippen LogP contribution in [0.1, 0.15) is 25.0 Å². The molecule has 0 saturated heterocycles.